The van der Waals surface area contributed by atoms with Gasteiger partial charge in [-0.05, 0) is 51.9 Å². The smallest absolute Gasteiger partial charge is 0.133 e. The second-order valence-electron chi connectivity index (χ2n) is 5.21. The summed E-state index contributed by atoms with van der Waals surface area (Å²) in [6.07, 6.45) is 2.86. The van der Waals surface area contributed by atoms with E-state index in [4.69, 9.17) is 4.74 Å². The molecule has 0 radical (unpaired) electrons. The molecule has 0 saturated heterocycles. The van der Waals surface area contributed by atoms with E-state index in [0.29, 0.717) is 6.10 Å². The first-order chi connectivity index (χ1) is 6.97. The van der Waals surface area contributed by atoms with E-state index < -0.39 is 0 Å². The number of ether oxygens (including phenoxy) is 1. The predicted molar refractivity (Wildman–Crippen MR) is 66.5 cm³/mol. The fourth-order valence-electron chi connectivity index (χ4n) is 1.43. The molecule has 1 aromatic carbocycles. The maximum Gasteiger partial charge on any atom is 0.133 e. The first-order valence-corrected chi connectivity index (χ1v) is 6.23. The van der Waals surface area contributed by atoms with Gasteiger partial charge in [0.1, 0.15) is 5.75 Å². The molecule has 0 aromatic heterocycles. The Hall–Kier alpha value is -0.500. The lowest BCUT2D eigenvalue weighted by Crippen LogP contribution is -2.11. The molecule has 0 unspecified atom stereocenters. The highest BCUT2D eigenvalue weighted by Crippen LogP contribution is 2.35. The Balaban J connectivity index is 2.21. The van der Waals surface area contributed by atoms with Crippen LogP contribution in [0, 0.1) is 0 Å². The van der Waals surface area contributed by atoms with Gasteiger partial charge in [0.05, 0.1) is 10.6 Å². The third kappa shape index (κ3) is 2.75. The summed E-state index contributed by atoms with van der Waals surface area (Å²) in [6, 6.07) is 6.39. The molecule has 1 nitrogen and oxygen atoms in total. The Morgan fingerprint density at radius 1 is 1.27 bits per heavy atom. The lowest BCUT2D eigenvalue weighted by atomic mass is 9.87. The first kappa shape index (κ1) is 11.0. The number of rotatable bonds is 2. The molecule has 1 fully saturated rings. The van der Waals surface area contributed by atoms with Crippen LogP contribution in [0.2, 0.25) is 0 Å². The Labute approximate surface area is 100.0 Å². The minimum absolute atomic E-state index is 0.195. The van der Waals surface area contributed by atoms with Gasteiger partial charge in [0.2, 0.25) is 0 Å². The van der Waals surface area contributed by atoms with E-state index in [1.807, 2.05) is 0 Å². The van der Waals surface area contributed by atoms with Crippen molar-refractivity contribution < 1.29 is 4.74 Å². The summed E-state index contributed by atoms with van der Waals surface area (Å²) in [5.74, 6) is 0.977. The van der Waals surface area contributed by atoms with Crippen molar-refractivity contribution in [3.8, 4) is 5.75 Å². The van der Waals surface area contributed by atoms with Crippen LogP contribution in [0.5, 0.6) is 5.75 Å². The fourth-order valence-corrected chi connectivity index (χ4v) is 1.90. The molecule has 2 heteroatoms. The average Bonchev–Trinajstić information content (AvgIpc) is 2.90. The van der Waals surface area contributed by atoms with E-state index in [9.17, 15) is 0 Å². The van der Waals surface area contributed by atoms with Gasteiger partial charge in [-0.3, -0.25) is 0 Å². The summed E-state index contributed by atoms with van der Waals surface area (Å²) in [5, 5.41) is 0. The molecule has 1 saturated carbocycles. The van der Waals surface area contributed by atoms with E-state index in [0.717, 1.165) is 10.2 Å². The monoisotopic (exact) mass is 268 g/mol. The van der Waals surface area contributed by atoms with Crippen molar-refractivity contribution in [3.05, 3.63) is 28.2 Å². The number of halogens is 1. The highest BCUT2D eigenvalue weighted by molar-refractivity contribution is 9.10. The third-order valence-corrected chi connectivity index (χ3v) is 3.24. The number of hydrogen-bond donors (Lipinski definition) is 0. The van der Waals surface area contributed by atoms with Gasteiger partial charge in [-0.15, -0.1) is 0 Å². The van der Waals surface area contributed by atoms with Gasteiger partial charge < -0.3 is 4.74 Å². The van der Waals surface area contributed by atoms with Crippen molar-refractivity contribution >= 4 is 15.9 Å². The Morgan fingerprint density at radius 3 is 2.40 bits per heavy atom. The normalized spacial score (nSPS) is 16.5. The van der Waals surface area contributed by atoms with Gasteiger partial charge in [0.15, 0.2) is 0 Å². The quantitative estimate of drug-likeness (QED) is 0.778. The molecule has 0 N–H and O–H groups in total. The van der Waals surface area contributed by atoms with E-state index in [1.165, 1.54) is 18.4 Å². The van der Waals surface area contributed by atoms with Crippen molar-refractivity contribution in [2.45, 2.75) is 45.1 Å². The molecule has 0 spiro atoms. The van der Waals surface area contributed by atoms with Gasteiger partial charge >= 0.3 is 0 Å². The zero-order chi connectivity index (χ0) is 11.1. The Bertz CT molecular complexity index is 361. The van der Waals surface area contributed by atoms with Crippen LogP contribution in [0.15, 0.2) is 22.7 Å². The fraction of sp³-hybridized carbons (Fsp3) is 0.538. The summed E-state index contributed by atoms with van der Waals surface area (Å²) in [5.41, 5.74) is 1.53. The largest absolute Gasteiger partial charge is 0.489 e. The van der Waals surface area contributed by atoms with Crippen molar-refractivity contribution in [2.24, 2.45) is 0 Å². The van der Waals surface area contributed by atoms with Crippen molar-refractivity contribution in [2.75, 3.05) is 0 Å². The summed E-state index contributed by atoms with van der Waals surface area (Å²) in [7, 11) is 0. The molecule has 0 atom stereocenters. The van der Waals surface area contributed by atoms with Crippen LogP contribution >= 0.6 is 15.9 Å². The van der Waals surface area contributed by atoms with Gasteiger partial charge in [0, 0.05) is 0 Å². The minimum atomic E-state index is 0.195. The van der Waals surface area contributed by atoms with Crippen LogP contribution in [-0.4, -0.2) is 6.10 Å². The Morgan fingerprint density at radius 2 is 1.93 bits per heavy atom. The molecule has 1 aliphatic rings. The van der Waals surface area contributed by atoms with Crippen LogP contribution in [0.4, 0.5) is 0 Å². The van der Waals surface area contributed by atoms with Crippen molar-refractivity contribution in [1.82, 2.24) is 0 Å². The van der Waals surface area contributed by atoms with Crippen LogP contribution < -0.4 is 4.74 Å². The third-order valence-electron chi connectivity index (χ3n) is 2.62. The van der Waals surface area contributed by atoms with Crippen LogP contribution in [0.3, 0.4) is 0 Å². The lowest BCUT2D eigenvalue weighted by Gasteiger charge is -2.20. The first-order valence-electron chi connectivity index (χ1n) is 5.43. The van der Waals surface area contributed by atoms with Gasteiger partial charge in [-0.1, -0.05) is 26.8 Å². The summed E-state index contributed by atoms with van der Waals surface area (Å²) >= 11 is 3.57. The number of benzene rings is 1. The lowest BCUT2D eigenvalue weighted by molar-refractivity contribution is 0.301. The van der Waals surface area contributed by atoms with E-state index >= 15 is 0 Å². The molecule has 0 heterocycles. The molecule has 15 heavy (non-hydrogen) atoms. The average molecular weight is 269 g/mol. The second kappa shape index (κ2) is 3.82. The van der Waals surface area contributed by atoms with Crippen molar-refractivity contribution in [3.63, 3.8) is 0 Å². The minimum Gasteiger partial charge on any atom is -0.489 e. The zero-order valence-electron chi connectivity index (χ0n) is 9.51. The molecule has 1 aliphatic carbocycles. The topological polar surface area (TPSA) is 9.23 Å². The molecule has 0 aliphatic heterocycles. The number of hydrogen-bond acceptors (Lipinski definition) is 1. The Kier molecular flexibility index (Phi) is 2.80. The van der Waals surface area contributed by atoms with Gasteiger partial charge in [-0.2, -0.15) is 0 Å². The SMILES string of the molecule is CC(C)(C)c1ccc(OC2CC2)c(Br)c1. The van der Waals surface area contributed by atoms with Gasteiger partial charge in [-0.25, -0.2) is 0 Å². The van der Waals surface area contributed by atoms with Crippen LogP contribution in [0.1, 0.15) is 39.2 Å². The molecular formula is C13H17BrO. The maximum atomic E-state index is 5.78. The second-order valence-corrected chi connectivity index (χ2v) is 6.07. The summed E-state index contributed by atoms with van der Waals surface area (Å²) < 4.78 is 6.85. The molecule has 82 valence electrons. The highest BCUT2D eigenvalue weighted by atomic mass is 79.9. The summed E-state index contributed by atoms with van der Waals surface area (Å²) in [6.45, 7) is 6.66. The van der Waals surface area contributed by atoms with Crippen LogP contribution in [0.25, 0.3) is 0 Å². The molecule has 0 bridgehead atoms. The maximum absolute atomic E-state index is 5.78. The predicted octanol–water partition coefficient (Wildman–Crippen LogP) is 4.29. The zero-order valence-corrected chi connectivity index (χ0v) is 11.1. The molecule has 1 aromatic rings. The molecule has 2 rings (SSSR count). The summed E-state index contributed by atoms with van der Waals surface area (Å²) in [4.78, 5) is 0. The van der Waals surface area contributed by atoms with E-state index in [1.54, 1.807) is 0 Å². The molecular weight excluding hydrogens is 252 g/mol. The standard InChI is InChI=1S/C13H17BrO/c1-13(2,3)9-4-7-12(11(14)8-9)15-10-5-6-10/h4,7-8,10H,5-6H2,1-3H3. The van der Waals surface area contributed by atoms with Gasteiger partial charge in [0.25, 0.3) is 0 Å². The molecule has 0 amide bonds. The highest BCUT2D eigenvalue weighted by Gasteiger charge is 2.24. The van der Waals surface area contributed by atoms with Crippen LogP contribution in [-0.2, 0) is 5.41 Å². The van der Waals surface area contributed by atoms with E-state index in [-0.39, 0.29) is 5.41 Å². The van der Waals surface area contributed by atoms with E-state index in [2.05, 4.69) is 54.9 Å². The van der Waals surface area contributed by atoms with Crippen molar-refractivity contribution in [1.29, 1.82) is 0 Å².